The Morgan fingerprint density at radius 2 is 1.95 bits per heavy atom. The van der Waals surface area contributed by atoms with Crippen molar-refractivity contribution in [2.24, 2.45) is 0 Å². The van der Waals surface area contributed by atoms with Crippen LogP contribution in [0.3, 0.4) is 0 Å². The molecular weight excluding hydrogens is 272 g/mol. The Kier molecular flexibility index (Phi) is 4.52. The number of benzene rings is 1. The number of hydrogen-bond donors (Lipinski definition) is 1. The van der Waals surface area contributed by atoms with Gasteiger partial charge >= 0.3 is 6.18 Å². The van der Waals surface area contributed by atoms with Crippen LogP contribution in [0.15, 0.2) is 18.2 Å². The van der Waals surface area contributed by atoms with Gasteiger partial charge in [0.2, 0.25) is 0 Å². The number of hydrogen-bond acceptors (Lipinski definition) is 2. The Morgan fingerprint density at radius 1 is 1.25 bits per heavy atom. The largest absolute Gasteiger partial charge is 0.405 e. The van der Waals surface area contributed by atoms with Crippen LogP contribution in [0.2, 0.25) is 0 Å². The molecule has 2 nitrogen and oxygen atoms in total. The first-order chi connectivity index (χ1) is 9.39. The van der Waals surface area contributed by atoms with Crippen LogP contribution >= 0.6 is 0 Å². The summed E-state index contributed by atoms with van der Waals surface area (Å²) in [5, 5.41) is 3.04. The molecule has 1 aromatic rings. The fourth-order valence-corrected chi connectivity index (χ4v) is 2.18. The van der Waals surface area contributed by atoms with Crippen LogP contribution in [-0.4, -0.2) is 25.3 Å². The smallest absolute Gasteiger partial charge is 0.359 e. The predicted octanol–water partition coefficient (Wildman–Crippen LogP) is 3.47. The van der Waals surface area contributed by atoms with Gasteiger partial charge in [-0.05, 0) is 43.1 Å². The summed E-state index contributed by atoms with van der Waals surface area (Å²) in [6.07, 6.45) is -2.82. The van der Waals surface area contributed by atoms with E-state index in [1.54, 1.807) is 6.07 Å². The van der Waals surface area contributed by atoms with Crippen LogP contribution in [0.25, 0.3) is 0 Å². The van der Waals surface area contributed by atoms with Gasteiger partial charge in [-0.2, -0.15) is 13.2 Å². The Labute approximate surface area is 115 Å². The van der Waals surface area contributed by atoms with E-state index in [1.807, 2.05) is 6.92 Å². The van der Waals surface area contributed by atoms with Crippen molar-refractivity contribution in [1.29, 1.82) is 0 Å². The van der Waals surface area contributed by atoms with Gasteiger partial charge in [-0.25, -0.2) is 4.39 Å². The summed E-state index contributed by atoms with van der Waals surface area (Å²) in [6.45, 7) is 2.06. The van der Waals surface area contributed by atoms with Gasteiger partial charge in [0.1, 0.15) is 12.4 Å². The molecule has 1 N–H and O–H groups in total. The van der Waals surface area contributed by atoms with Gasteiger partial charge in [-0.15, -0.1) is 0 Å². The van der Waals surface area contributed by atoms with Gasteiger partial charge in [0, 0.05) is 18.3 Å². The lowest BCUT2D eigenvalue weighted by atomic mass is 10.1. The molecule has 0 saturated heterocycles. The number of halogens is 4. The molecule has 1 fully saturated rings. The molecule has 0 unspecified atom stereocenters. The number of alkyl halides is 3. The lowest BCUT2D eigenvalue weighted by molar-refractivity contribution is -0.120. The molecule has 0 spiro atoms. The third kappa shape index (κ3) is 4.37. The fraction of sp³-hybridized carbons (Fsp3) is 0.571. The van der Waals surface area contributed by atoms with E-state index in [0.717, 1.165) is 19.4 Å². The second-order valence-electron chi connectivity index (χ2n) is 5.07. The van der Waals surface area contributed by atoms with Crippen LogP contribution in [0, 0.1) is 5.82 Å². The maximum absolute atomic E-state index is 13.6. The molecular formula is C14H18F4N2. The minimum absolute atomic E-state index is 0.120. The van der Waals surface area contributed by atoms with Crippen molar-refractivity contribution in [1.82, 2.24) is 5.32 Å². The molecule has 0 aromatic heterocycles. The highest BCUT2D eigenvalue weighted by Gasteiger charge is 2.38. The molecule has 1 aliphatic rings. The average Bonchev–Trinajstić information content (AvgIpc) is 3.16. The highest BCUT2D eigenvalue weighted by atomic mass is 19.4. The number of nitrogens with zero attached hydrogens (tertiary/aromatic N) is 1. The first-order valence-corrected chi connectivity index (χ1v) is 6.72. The van der Waals surface area contributed by atoms with E-state index in [4.69, 9.17) is 0 Å². The Morgan fingerprint density at radius 3 is 2.50 bits per heavy atom. The molecule has 2 rings (SSSR count). The molecule has 6 heteroatoms. The van der Waals surface area contributed by atoms with Crippen LogP contribution in [-0.2, 0) is 6.54 Å². The van der Waals surface area contributed by atoms with Crippen molar-refractivity contribution in [3.05, 3.63) is 29.6 Å². The Balaban J connectivity index is 2.21. The van der Waals surface area contributed by atoms with Crippen molar-refractivity contribution >= 4 is 5.69 Å². The molecule has 112 valence electrons. The van der Waals surface area contributed by atoms with Crippen molar-refractivity contribution in [2.75, 3.05) is 18.0 Å². The molecule has 0 aliphatic heterocycles. The van der Waals surface area contributed by atoms with Crippen LogP contribution in [0.1, 0.15) is 25.3 Å². The number of nitrogens with one attached hydrogen (secondary N) is 1. The third-order valence-corrected chi connectivity index (χ3v) is 3.19. The molecule has 0 amide bonds. The highest BCUT2D eigenvalue weighted by Crippen LogP contribution is 2.35. The quantitative estimate of drug-likeness (QED) is 0.807. The maximum atomic E-state index is 13.6. The molecule has 0 atom stereocenters. The Hall–Kier alpha value is -1.30. The monoisotopic (exact) mass is 290 g/mol. The van der Waals surface area contributed by atoms with Gasteiger partial charge in [-0.1, -0.05) is 6.92 Å². The summed E-state index contributed by atoms with van der Waals surface area (Å²) in [7, 11) is 0. The minimum Gasteiger partial charge on any atom is -0.359 e. The summed E-state index contributed by atoms with van der Waals surface area (Å²) >= 11 is 0. The van der Waals surface area contributed by atoms with E-state index in [-0.39, 0.29) is 6.04 Å². The van der Waals surface area contributed by atoms with E-state index < -0.39 is 18.5 Å². The second kappa shape index (κ2) is 5.99. The van der Waals surface area contributed by atoms with E-state index in [9.17, 15) is 17.6 Å². The second-order valence-corrected chi connectivity index (χ2v) is 5.07. The first kappa shape index (κ1) is 15.1. The van der Waals surface area contributed by atoms with E-state index in [1.165, 1.54) is 17.0 Å². The molecule has 0 heterocycles. The molecule has 1 aromatic carbocycles. The zero-order valence-electron chi connectivity index (χ0n) is 11.3. The number of anilines is 1. The SMILES string of the molecule is CCNCc1cc(F)cc(N(CC(F)(F)F)C2CC2)c1. The van der Waals surface area contributed by atoms with E-state index >= 15 is 0 Å². The number of rotatable bonds is 6. The maximum Gasteiger partial charge on any atom is 0.405 e. The zero-order valence-corrected chi connectivity index (χ0v) is 11.3. The summed E-state index contributed by atoms with van der Waals surface area (Å²) in [5.74, 6) is -0.497. The van der Waals surface area contributed by atoms with Crippen molar-refractivity contribution < 1.29 is 17.6 Å². The van der Waals surface area contributed by atoms with Gasteiger partial charge in [0.05, 0.1) is 0 Å². The van der Waals surface area contributed by atoms with Crippen molar-refractivity contribution in [2.45, 2.75) is 38.5 Å². The van der Waals surface area contributed by atoms with Gasteiger partial charge in [-0.3, -0.25) is 0 Å². The molecule has 0 radical (unpaired) electrons. The van der Waals surface area contributed by atoms with Crippen LogP contribution in [0.4, 0.5) is 23.2 Å². The summed E-state index contributed by atoms with van der Waals surface area (Å²) < 4.78 is 51.5. The summed E-state index contributed by atoms with van der Waals surface area (Å²) in [6, 6.07) is 4.05. The zero-order chi connectivity index (χ0) is 14.8. The van der Waals surface area contributed by atoms with Crippen LogP contribution in [0.5, 0.6) is 0 Å². The summed E-state index contributed by atoms with van der Waals surface area (Å²) in [4.78, 5) is 1.26. The minimum atomic E-state index is -4.28. The van der Waals surface area contributed by atoms with E-state index in [2.05, 4.69) is 5.32 Å². The lowest BCUT2D eigenvalue weighted by Gasteiger charge is -2.26. The highest BCUT2D eigenvalue weighted by molar-refractivity contribution is 5.51. The topological polar surface area (TPSA) is 15.3 Å². The normalized spacial score (nSPS) is 15.4. The molecule has 1 aliphatic carbocycles. The predicted molar refractivity (Wildman–Crippen MR) is 70.2 cm³/mol. The van der Waals surface area contributed by atoms with Crippen molar-refractivity contribution in [3.63, 3.8) is 0 Å². The Bertz CT molecular complexity index is 455. The van der Waals surface area contributed by atoms with Gasteiger partial charge < -0.3 is 10.2 Å². The molecule has 1 saturated carbocycles. The molecule has 20 heavy (non-hydrogen) atoms. The first-order valence-electron chi connectivity index (χ1n) is 6.72. The third-order valence-electron chi connectivity index (χ3n) is 3.19. The van der Waals surface area contributed by atoms with Gasteiger partial charge in [0.25, 0.3) is 0 Å². The fourth-order valence-electron chi connectivity index (χ4n) is 2.18. The van der Waals surface area contributed by atoms with Crippen LogP contribution < -0.4 is 10.2 Å². The standard InChI is InChI=1S/C14H18F4N2/c1-2-19-8-10-5-11(15)7-13(6-10)20(12-3-4-12)9-14(16,17)18/h5-7,12,19H,2-4,8-9H2,1H3. The molecule has 0 bridgehead atoms. The summed E-state index contributed by atoms with van der Waals surface area (Å²) in [5.41, 5.74) is 0.979. The van der Waals surface area contributed by atoms with Crippen molar-refractivity contribution in [3.8, 4) is 0 Å². The average molecular weight is 290 g/mol. The van der Waals surface area contributed by atoms with Gasteiger partial charge in [0.15, 0.2) is 0 Å². The lowest BCUT2D eigenvalue weighted by Crippen LogP contribution is -2.36. The van der Waals surface area contributed by atoms with E-state index in [0.29, 0.717) is 17.8 Å².